The second-order valence-electron chi connectivity index (χ2n) is 5.17. The number of halogens is 2. The van der Waals surface area contributed by atoms with E-state index in [0.717, 1.165) is 5.56 Å². The van der Waals surface area contributed by atoms with Crippen molar-refractivity contribution in [2.45, 2.75) is 12.5 Å². The van der Waals surface area contributed by atoms with Crippen molar-refractivity contribution < 1.29 is 14.3 Å². The Balaban J connectivity index is 2.22. The Labute approximate surface area is 143 Å². The van der Waals surface area contributed by atoms with Gasteiger partial charge < -0.3 is 9.64 Å². The largest absolute Gasteiger partial charge is 0.467 e. The van der Waals surface area contributed by atoms with Gasteiger partial charge in [-0.05, 0) is 29.8 Å². The van der Waals surface area contributed by atoms with Crippen LogP contribution >= 0.6 is 23.2 Å². The molecule has 0 spiro atoms. The lowest BCUT2D eigenvalue weighted by Crippen LogP contribution is -2.49. The zero-order valence-electron chi connectivity index (χ0n) is 12.3. The van der Waals surface area contributed by atoms with Gasteiger partial charge in [0.05, 0.1) is 17.2 Å². The van der Waals surface area contributed by atoms with Gasteiger partial charge >= 0.3 is 5.97 Å². The number of hydrogen-bond donors (Lipinski definition) is 0. The van der Waals surface area contributed by atoms with Crippen LogP contribution in [0.3, 0.4) is 0 Å². The van der Waals surface area contributed by atoms with Crippen molar-refractivity contribution in [2.75, 3.05) is 12.0 Å². The van der Waals surface area contributed by atoms with E-state index < -0.39 is 12.0 Å². The summed E-state index contributed by atoms with van der Waals surface area (Å²) >= 11 is 12.2. The summed E-state index contributed by atoms with van der Waals surface area (Å²) in [5, 5.41) is 0.743. The van der Waals surface area contributed by atoms with Gasteiger partial charge in [0.15, 0.2) is 11.8 Å². The quantitative estimate of drug-likeness (QED) is 0.611. The summed E-state index contributed by atoms with van der Waals surface area (Å²) < 4.78 is 4.82. The second kappa shape index (κ2) is 6.22. The fraction of sp³-hybridized carbons (Fsp3) is 0.176. The molecule has 0 N–H and O–H groups in total. The van der Waals surface area contributed by atoms with Crippen LogP contribution in [0.4, 0.5) is 11.4 Å². The topological polar surface area (TPSA) is 46.6 Å². The first kappa shape index (κ1) is 15.8. The molecule has 0 aliphatic carbocycles. The maximum atomic E-state index is 12.5. The van der Waals surface area contributed by atoms with E-state index in [1.54, 1.807) is 17.0 Å². The van der Waals surface area contributed by atoms with Crippen LogP contribution in [0.1, 0.15) is 5.56 Å². The van der Waals surface area contributed by atoms with E-state index in [4.69, 9.17) is 27.9 Å². The average Bonchev–Trinajstić information content (AvgIpc) is 2.55. The normalized spacial score (nSPS) is 16.9. The summed E-state index contributed by atoms with van der Waals surface area (Å²) in [5.41, 5.74) is 2.12. The van der Waals surface area contributed by atoms with E-state index in [-0.39, 0.29) is 12.2 Å². The van der Waals surface area contributed by atoms with Gasteiger partial charge in [-0.1, -0.05) is 41.4 Å². The van der Waals surface area contributed by atoms with Crippen molar-refractivity contribution in [2.24, 2.45) is 0 Å². The number of fused-ring (bicyclic) bond motifs is 1. The van der Waals surface area contributed by atoms with Crippen LogP contribution in [0.25, 0.3) is 0 Å². The third-order valence-electron chi connectivity index (χ3n) is 3.77. The summed E-state index contributed by atoms with van der Waals surface area (Å²) in [4.78, 5) is 26.3. The average molecular weight is 350 g/mol. The highest BCUT2D eigenvalue weighted by molar-refractivity contribution is 6.42. The predicted molar refractivity (Wildman–Crippen MR) is 89.6 cm³/mol. The van der Waals surface area contributed by atoms with E-state index in [2.05, 4.69) is 0 Å². The number of ether oxygens (including phenoxy) is 1. The zero-order valence-corrected chi connectivity index (χ0v) is 13.8. The highest BCUT2D eigenvalue weighted by atomic mass is 35.5. The van der Waals surface area contributed by atoms with Gasteiger partial charge in [-0.25, -0.2) is 4.79 Å². The molecule has 0 amide bonds. The van der Waals surface area contributed by atoms with Crippen molar-refractivity contribution in [3.63, 3.8) is 0 Å². The van der Waals surface area contributed by atoms with Gasteiger partial charge in [-0.3, -0.25) is 4.79 Å². The van der Waals surface area contributed by atoms with Gasteiger partial charge in [0.2, 0.25) is 0 Å². The molecule has 1 unspecified atom stereocenters. The SMILES string of the molecule is COC(=O)C1C(=O)Cc2cc(Cl)c(Cl)cc2N1c1ccccc1. The van der Waals surface area contributed by atoms with Gasteiger partial charge in [-0.15, -0.1) is 0 Å². The molecule has 1 aliphatic heterocycles. The third kappa shape index (κ3) is 2.80. The minimum atomic E-state index is -1.04. The summed E-state index contributed by atoms with van der Waals surface area (Å²) in [7, 11) is 1.27. The highest BCUT2D eigenvalue weighted by Crippen LogP contribution is 2.40. The van der Waals surface area contributed by atoms with Crippen molar-refractivity contribution >= 4 is 46.3 Å². The molecule has 4 nitrogen and oxygen atoms in total. The van der Waals surface area contributed by atoms with Crippen LogP contribution in [0.5, 0.6) is 0 Å². The van der Waals surface area contributed by atoms with Gasteiger partial charge in [0.25, 0.3) is 0 Å². The monoisotopic (exact) mass is 349 g/mol. The Morgan fingerprint density at radius 2 is 1.83 bits per heavy atom. The maximum absolute atomic E-state index is 12.5. The number of rotatable bonds is 2. The Morgan fingerprint density at radius 1 is 1.17 bits per heavy atom. The van der Waals surface area contributed by atoms with Crippen LogP contribution in [0.15, 0.2) is 42.5 Å². The number of carbonyl (C=O) groups excluding carboxylic acids is 2. The summed E-state index contributed by atoms with van der Waals surface area (Å²) in [6, 6.07) is 11.5. The first-order valence-corrected chi connectivity index (χ1v) is 7.71. The smallest absolute Gasteiger partial charge is 0.336 e. The molecular weight excluding hydrogens is 337 g/mol. The lowest BCUT2D eigenvalue weighted by molar-refractivity contribution is -0.145. The van der Waals surface area contributed by atoms with Gasteiger partial charge in [0, 0.05) is 17.8 Å². The van der Waals surface area contributed by atoms with Crippen molar-refractivity contribution in [1.29, 1.82) is 0 Å². The number of benzene rings is 2. The minimum absolute atomic E-state index is 0.106. The fourth-order valence-corrected chi connectivity index (χ4v) is 3.08. The minimum Gasteiger partial charge on any atom is -0.467 e. The van der Waals surface area contributed by atoms with Gasteiger partial charge in [-0.2, -0.15) is 0 Å². The standard InChI is InChI=1S/C17H13Cl2NO3/c1-23-17(22)16-15(21)8-10-7-12(18)13(19)9-14(10)20(16)11-5-3-2-4-6-11/h2-7,9,16H,8H2,1H3. The lowest BCUT2D eigenvalue weighted by atomic mass is 9.93. The molecule has 2 aromatic carbocycles. The van der Waals surface area contributed by atoms with Gasteiger partial charge in [0.1, 0.15) is 0 Å². The van der Waals surface area contributed by atoms with Crippen molar-refractivity contribution in [1.82, 2.24) is 0 Å². The molecule has 1 atom stereocenters. The summed E-state index contributed by atoms with van der Waals surface area (Å²) in [6.45, 7) is 0. The maximum Gasteiger partial charge on any atom is 0.336 e. The summed E-state index contributed by atoms with van der Waals surface area (Å²) in [6.07, 6.45) is 0.106. The molecule has 0 saturated carbocycles. The number of anilines is 2. The predicted octanol–water partition coefficient (Wildman–Crippen LogP) is 3.80. The first-order valence-electron chi connectivity index (χ1n) is 6.95. The molecule has 0 bridgehead atoms. The fourth-order valence-electron chi connectivity index (χ4n) is 2.74. The molecule has 0 saturated heterocycles. The zero-order chi connectivity index (χ0) is 16.6. The Hall–Kier alpha value is -2.04. The number of hydrogen-bond acceptors (Lipinski definition) is 4. The van der Waals surface area contributed by atoms with Crippen molar-refractivity contribution in [3.8, 4) is 0 Å². The molecule has 118 valence electrons. The molecule has 1 aliphatic rings. The highest BCUT2D eigenvalue weighted by Gasteiger charge is 2.40. The van der Waals surface area contributed by atoms with Crippen LogP contribution < -0.4 is 4.90 Å². The van der Waals surface area contributed by atoms with Crippen LogP contribution in [0, 0.1) is 0 Å². The first-order chi connectivity index (χ1) is 11.0. The van der Waals surface area contributed by atoms with E-state index in [0.29, 0.717) is 21.4 Å². The molecule has 0 radical (unpaired) electrons. The molecular formula is C17H13Cl2NO3. The lowest BCUT2D eigenvalue weighted by Gasteiger charge is -2.36. The molecule has 3 rings (SSSR count). The number of nitrogens with zero attached hydrogens (tertiary/aromatic N) is 1. The number of carbonyl (C=O) groups is 2. The molecule has 2 aromatic rings. The second-order valence-corrected chi connectivity index (χ2v) is 5.98. The van der Waals surface area contributed by atoms with E-state index in [1.165, 1.54) is 7.11 Å². The molecule has 23 heavy (non-hydrogen) atoms. The van der Waals surface area contributed by atoms with E-state index in [9.17, 15) is 9.59 Å². The Morgan fingerprint density at radius 3 is 2.48 bits per heavy atom. The molecule has 6 heteroatoms. The molecule has 0 fully saturated rings. The number of Topliss-reactive ketones (excluding diaryl/α,β-unsaturated/α-hetero) is 1. The number of ketones is 1. The number of esters is 1. The van der Waals surface area contributed by atoms with Crippen LogP contribution in [-0.4, -0.2) is 24.9 Å². The Kier molecular flexibility index (Phi) is 4.28. The van der Waals surface area contributed by atoms with Crippen LogP contribution in [0.2, 0.25) is 10.0 Å². The summed E-state index contributed by atoms with van der Waals surface area (Å²) in [5.74, 6) is -0.845. The third-order valence-corrected chi connectivity index (χ3v) is 4.49. The van der Waals surface area contributed by atoms with Crippen LogP contribution in [-0.2, 0) is 20.7 Å². The molecule has 1 heterocycles. The number of methoxy groups -OCH3 is 1. The van der Waals surface area contributed by atoms with E-state index >= 15 is 0 Å². The van der Waals surface area contributed by atoms with Crippen molar-refractivity contribution in [3.05, 3.63) is 58.1 Å². The Bertz CT molecular complexity index is 777. The number of para-hydroxylation sites is 1. The molecule has 0 aromatic heterocycles. The van der Waals surface area contributed by atoms with E-state index in [1.807, 2.05) is 30.3 Å².